The SMILES string of the molecule is CCOP(=O)(OCC)C(CCCCCCOc1ccc(C(N)=O)cc1)C(C)=O. The lowest BCUT2D eigenvalue weighted by Crippen LogP contribution is -2.21. The zero-order chi connectivity index (χ0) is 21.0. The van der Waals surface area contributed by atoms with Gasteiger partial charge in [-0.15, -0.1) is 0 Å². The van der Waals surface area contributed by atoms with E-state index in [0.29, 0.717) is 24.3 Å². The molecule has 0 heterocycles. The van der Waals surface area contributed by atoms with Gasteiger partial charge < -0.3 is 19.5 Å². The third-order valence-electron chi connectivity index (χ3n) is 4.25. The first kappa shape index (κ1) is 24.3. The van der Waals surface area contributed by atoms with Gasteiger partial charge in [-0.3, -0.25) is 14.2 Å². The highest BCUT2D eigenvalue weighted by Crippen LogP contribution is 2.54. The molecule has 0 radical (unpaired) electrons. The summed E-state index contributed by atoms with van der Waals surface area (Å²) in [6.07, 6.45) is 3.93. The molecule has 28 heavy (non-hydrogen) atoms. The second kappa shape index (κ2) is 12.7. The Bertz CT molecular complexity index is 651. The van der Waals surface area contributed by atoms with E-state index < -0.39 is 19.2 Å². The molecule has 0 saturated carbocycles. The van der Waals surface area contributed by atoms with Gasteiger partial charge in [-0.25, -0.2) is 0 Å². The number of carbonyl (C=O) groups excluding carboxylic acids is 2. The number of nitrogens with two attached hydrogens (primary N) is 1. The number of hydrogen-bond acceptors (Lipinski definition) is 6. The number of unbranched alkanes of at least 4 members (excludes halogenated alkanes) is 3. The molecule has 0 bridgehead atoms. The van der Waals surface area contributed by atoms with Gasteiger partial charge in [0, 0.05) is 5.56 Å². The number of carbonyl (C=O) groups is 2. The minimum absolute atomic E-state index is 0.159. The van der Waals surface area contributed by atoms with Crippen LogP contribution >= 0.6 is 7.60 Å². The van der Waals surface area contributed by atoms with Crippen LogP contribution in [0.15, 0.2) is 24.3 Å². The van der Waals surface area contributed by atoms with Crippen LogP contribution in [0, 0.1) is 0 Å². The summed E-state index contributed by atoms with van der Waals surface area (Å²) in [4.78, 5) is 23.0. The van der Waals surface area contributed by atoms with Gasteiger partial charge in [-0.1, -0.05) is 19.3 Å². The van der Waals surface area contributed by atoms with Gasteiger partial charge in [0.15, 0.2) is 0 Å². The lowest BCUT2D eigenvalue weighted by Gasteiger charge is -2.24. The fourth-order valence-electron chi connectivity index (χ4n) is 2.86. The molecule has 0 spiro atoms. The van der Waals surface area contributed by atoms with E-state index in [1.165, 1.54) is 6.92 Å². The first-order valence-corrected chi connectivity index (χ1v) is 11.4. The van der Waals surface area contributed by atoms with Crippen LogP contribution < -0.4 is 10.5 Å². The van der Waals surface area contributed by atoms with E-state index in [0.717, 1.165) is 25.7 Å². The van der Waals surface area contributed by atoms with Gasteiger partial charge >= 0.3 is 7.60 Å². The summed E-state index contributed by atoms with van der Waals surface area (Å²) in [7, 11) is -3.41. The molecule has 158 valence electrons. The summed E-state index contributed by atoms with van der Waals surface area (Å²) in [5, 5.41) is 0. The number of Topliss-reactive ketones (excluding diaryl/α,β-unsaturated/α-hetero) is 1. The van der Waals surface area contributed by atoms with Crippen molar-refractivity contribution >= 4 is 19.3 Å². The van der Waals surface area contributed by atoms with Gasteiger partial charge in [-0.2, -0.15) is 0 Å². The zero-order valence-corrected chi connectivity index (χ0v) is 17.9. The second-order valence-electron chi connectivity index (χ2n) is 6.44. The van der Waals surface area contributed by atoms with E-state index in [-0.39, 0.29) is 19.0 Å². The molecule has 1 rings (SSSR count). The van der Waals surface area contributed by atoms with E-state index in [2.05, 4.69) is 0 Å². The van der Waals surface area contributed by atoms with Gasteiger partial charge in [0.2, 0.25) is 5.91 Å². The Kier molecular flexibility index (Phi) is 11.0. The molecule has 7 nitrogen and oxygen atoms in total. The van der Waals surface area contributed by atoms with E-state index >= 15 is 0 Å². The minimum Gasteiger partial charge on any atom is -0.494 e. The Morgan fingerprint density at radius 3 is 2.07 bits per heavy atom. The third kappa shape index (κ3) is 8.13. The number of primary amides is 1. The number of ketones is 1. The number of rotatable bonds is 15. The van der Waals surface area contributed by atoms with Gasteiger partial charge in [-0.05, 0) is 57.9 Å². The first-order chi connectivity index (χ1) is 13.3. The maximum Gasteiger partial charge on any atom is 0.341 e. The first-order valence-electron chi connectivity index (χ1n) is 9.76. The van der Waals surface area contributed by atoms with Crippen molar-refractivity contribution in [3.05, 3.63) is 29.8 Å². The van der Waals surface area contributed by atoms with E-state index in [4.69, 9.17) is 19.5 Å². The lowest BCUT2D eigenvalue weighted by molar-refractivity contribution is -0.117. The average molecular weight is 413 g/mol. The smallest absolute Gasteiger partial charge is 0.341 e. The highest BCUT2D eigenvalue weighted by atomic mass is 31.2. The highest BCUT2D eigenvalue weighted by Gasteiger charge is 2.38. The number of ether oxygens (including phenoxy) is 1. The van der Waals surface area contributed by atoms with Crippen molar-refractivity contribution < 1.29 is 27.9 Å². The van der Waals surface area contributed by atoms with E-state index in [9.17, 15) is 14.2 Å². The normalized spacial score (nSPS) is 12.5. The molecular weight excluding hydrogens is 381 g/mol. The molecule has 0 fully saturated rings. The third-order valence-corrected chi connectivity index (χ3v) is 6.87. The quantitative estimate of drug-likeness (QED) is 0.339. The van der Waals surface area contributed by atoms with Crippen molar-refractivity contribution in [2.24, 2.45) is 5.73 Å². The van der Waals surface area contributed by atoms with Crippen LogP contribution in [0.2, 0.25) is 0 Å². The Hall–Kier alpha value is -1.69. The number of amides is 1. The Morgan fingerprint density at radius 1 is 1.00 bits per heavy atom. The Labute approximate surface area is 167 Å². The molecule has 0 aliphatic heterocycles. The van der Waals surface area contributed by atoms with Crippen molar-refractivity contribution in [1.29, 1.82) is 0 Å². The standard InChI is InChI=1S/C20H32NO6P/c1-4-26-28(24,27-5-2)19(16(3)22)10-8-6-7-9-15-25-18-13-11-17(12-14-18)20(21)23/h11-14,19H,4-10,15H2,1-3H3,(H2,21,23). The maximum atomic E-state index is 12.8. The van der Waals surface area contributed by atoms with Crippen LogP contribution in [0.4, 0.5) is 0 Å². The topological polar surface area (TPSA) is 105 Å². The predicted octanol–water partition coefficient (Wildman–Crippen LogP) is 4.34. The maximum absolute atomic E-state index is 12.8. The Balaban J connectivity index is 2.33. The molecule has 1 aromatic rings. The molecular formula is C20H32NO6P. The molecule has 2 N–H and O–H groups in total. The second-order valence-corrected chi connectivity index (χ2v) is 8.66. The summed E-state index contributed by atoms with van der Waals surface area (Å²) >= 11 is 0. The van der Waals surface area contributed by atoms with Crippen LogP contribution in [0.25, 0.3) is 0 Å². The zero-order valence-electron chi connectivity index (χ0n) is 17.0. The fraction of sp³-hybridized carbons (Fsp3) is 0.600. The largest absolute Gasteiger partial charge is 0.494 e. The molecule has 1 unspecified atom stereocenters. The lowest BCUT2D eigenvalue weighted by atomic mass is 10.1. The van der Waals surface area contributed by atoms with Crippen molar-refractivity contribution in [3.8, 4) is 5.75 Å². The highest BCUT2D eigenvalue weighted by molar-refractivity contribution is 7.55. The van der Waals surface area contributed by atoms with E-state index in [1.807, 2.05) is 0 Å². The monoisotopic (exact) mass is 413 g/mol. The molecule has 8 heteroatoms. The summed E-state index contributed by atoms with van der Waals surface area (Å²) in [6.45, 7) is 5.97. The molecule has 1 aromatic carbocycles. The molecule has 0 aromatic heterocycles. The summed E-state index contributed by atoms with van der Waals surface area (Å²) < 4.78 is 29.1. The van der Waals surface area contributed by atoms with Crippen LogP contribution in [0.5, 0.6) is 5.75 Å². The molecule has 0 aliphatic rings. The van der Waals surface area contributed by atoms with Crippen molar-refractivity contribution in [2.45, 2.75) is 58.5 Å². The predicted molar refractivity (Wildman–Crippen MR) is 109 cm³/mol. The van der Waals surface area contributed by atoms with E-state index in [1.54, 1.807) is 38.1 Å². The van der Waals surface area contributed by atoms with Gasteiger partial charge in [0.1, 0.15) is 17.2 Å². The minimum atomic E-state index is -3.41. The molecule has 1 amide bonds. The van der Waals surface area contributed by atoms with Crippen LogP contribution in [-0.2, 0) is 18.4 Å². The number of benzene rings is 1. The fourth-order valence-corrected chi connectivity index (χ4v) is 4.96. The summed E-state index contributed by atoms with van der Waals surface area (Å²) in [6, 6.07) is 6.70. The molecule has 0 aliphatic carbocycles. The summed E-state index contributed by atoms with van der Waals surface area (Å²) in [5.74, 6) is 0.0672. The van der Waals surface area contributed by atoms with Crippen molar-refractivity contribution in [2.75, 3.05) is 19.8 Å². The Morgan fingerprint density at radius 2 is 1.57 bits per heavy atom. The molecule has 0 saturated heterocycles. The molecule has 1 atom stereocenters. The van der Waals surface area contributed by atoms with Gasteiger partial charge in [0.25, 0.3) is 0 Å². The van der Waals surface area contributed by atoms with Crippen molar-refractivity contribution in [1.82, 2.24) is 0 Å². The van der Waals surface area contributed by atoms with Crippen molar-refractivity contribution in [3.63, 3.8) is 0 Å². The van der Waals surface area contributed by atoms with Gasteiger partial charge in [0.05, 0.1) is 19.8 Å². The summed E-state index contributed by atoms with van der Waals surface area (Å²) in [5.41, 5.74) is 4.94. The van der Waals surface area contributed by atoms with Crippen LogP contribution in [0.3, 0.4) is 0 Å². The average Bonchev–Trinajstić information content (AvgIpc) is 2.64. The van der Waals surface area contributed by atoms with Crippen LogP contribution in [-0.4, -0.2) is 37.2 Å². The number of hydrogen-bond donors (Lipinski definition) is 1. The van der Waals surface area contributed by atoms with Crippen LogP contribution in [0.1, 0.15) is 63.2 Å².